The first kappa shape index (κ1) is 17.3. The second kappa shape index (κ2) is 7.25. The zero-order chi connectivity index (χ0) is 18.8. The van der Waals surface area contributed by atoms with E-state index >= 15 is 0 Å². The number of fused-ring (bicyclic) bond motifs is 2. The van der Waals surface area contributed by atoms with E-state index in [-0.39, 0.29) is 12.7 Å². The fraction of sp³-hybridized carbons (Fsp3) is 0.143. The molecule has 1 aliphatic heterocycles. The van der Waals surface area contributed by atoms with Crippen molar-refractivity contribution in [2.24, 2.45) is 4.99 Å². The summed E-state index contributed by atoms with van der Waals surface area (Å²) in [4.78, 5) is 17.3. The maximum Gasteiger partial charge on any atom is 0.272 e. The number of rotatable bonds is 4. The molecule has 1 aromatic heterocycles. The summed E-state index contributed by atoms with van der Waals surface area (Å²) in [6, 6.07) is 11.8. The van der Waals surface area contributed by atoms with E-state index in [1.807, 2.05) is 29.7 Å². The van der Waals surface area contributed by atoms with E-state index in [0.29, 0.717) is 22.8 Å². The van der Waals surface area contributed by atoms with Crippen molar-refractivity contribution in [2.75, 3.05) is 6.79 Å². The topological polar surface area (TPSA) is 52.8 Å². The second-order valence-electron chi connectivity index (χ2n) is 6.15. The number of allylic oxidation sites excluding steroid dienone is 1. The molecule has 0 radical (unpaired) electrons. The number of aromatic nitrogens is 1. The van der Waals surface area contributed by atoms with E-state index in [2.05, 4.69) is 29.8 Å². The molecule has 1 amide bonds. The summed E-state index contributed by atoms with van der Waals surface area (Å²) in [5, 5.41) is 0. The first-order chi connectivity index (χ1) is 13.1. The number of aryl methyl sites for hydroxylation is 1. The SMILES string of the molecule is C=CCn1c(=NC(=O)/C=C\c2ccc3c(c2)OCO3)sc2cc(C)ccc21. The van der Waals surface area contributed by atoms with Crippen LogP contribution in [0.3, 0.4) is 0 Å². The lowest BCUT2D eigenvalue weighted by atomic mass is 10.2. The van der Waals surface area contributed by atoms with Gasteiger partial charge in [0.25, 0.3) is 5.91 Å². The Labute approximate surface area is 160 Å². The molecule has 2 heterocycles. The van der Waals surface area contributed by atoms with Crippen LogP contribution < -0.4 is 14.3 Å². The van der Waals surface area contributed by atoms with Gasteiger partial charge in [0.2, 0.25) is 6.79 Å². The maximum atomic E-state index is 12.4. The lowest BCUT2D eigenvalue weighted by Crippen LogP contribution is -2.15. The molecule has 6 heteroatoms. The van der Waals surface area contributed by atoms with Gasteiger partial charge in [-0.05, 0) is 48.4 Å². The lowest BCUT2D eigenvalue weighted by Gasteiger charge is -2.00. The Morgan fingerprint density at radius 2 is 2.11 bits per heavy atom. The van der Waals surface area contributed by atoms with Gasteiger partial charge in [0.1, 0.15) is 0 Å². The average Bonchev–Trinajstić information content (AvgIpc) is 3.24. The Hall–Kier alpha value is -3.12. The highest BCUT2D eigenvalue weighted by Gasteiger charge is 2.12. The summed E-state index contributed by atoms with van der Waals surface area (Å²) in [5.41, 5.74) is 3.08. The third-order valence-electron chi connectivity index (χ3n) is 4.17. The molecule has 4 rings (SSSR count). The highest BCUT2D eigenvalue weighted by molar-refractivity contribution is 7.16. The van der Waals surface area contributed by atoms with Crippen LogP contribution in [-0.4, -0.2) is 17.3 Å². The molecule has 2 aromatic carbocycles. The molecule has 27 heavy (non-hydrogen) atoms. The van der Waals surface area contributed by atoms with Gasteiger partial charge in [-0.1, -0.05) is 29.5 Å². The summed E-state index contributed by atoms with van der Waals surface area (Å²) < 4.78 is 13.7. The van der Waals surface area contributed by atoms with Crippen molar-refractivity contribution in [3.05, 3.63) is 71.1 Å². The normalized spacial score (nSPS) is 13.6. The predicted molar refractivity (Wildman–Crippen MR) is 107 cm³/mol. The summed E-state index contributed by atoms with van der Waals surface area (Å²) in [6.07, 6.45) is 4.99. The molecule has 0 aliphatic carbocycles. The molecule has 0 saturated heterocycles. The van der Waals surface area contributed by atoms with Gasteiger partial charge in [-0.3, -0.25) is 4.79 Å². The highest BCUT2D eigenvalue weighted by Crippen LogP contribution is 2.32. The molecule has 1 aliphatic rings. The Kier molecular flexibility index (Phi) is 4.64. The average molecular weight is 378 g/mol. The van der Waals surface area contributed by atoms with Crippen molar-refractivity contribution < 1.29 is 14.3 Å². The van der Waals surface area contributed by atoms with E-state index in [1.54, 1.807) is 12.2 Å². The van der Waals surface area contributed by atoms with Crippen LogP contribution in [0.15, 0.2) is 60.1 Å². The number of amides is 1. The minimum atomic E-state index is -0.311. The van der Waals surface area contributed by atoms with Gasteiger partial charge < -0.3 is 14.0 Å². The quantitative estimate of drug-likeness (QED) is 0.508. The van der Waals surface area contributed by atoms with E-state index in [1.165, 1.54) is 23.0 Å². The minimum absolute atomic E-state index is 0.228. The van der Waals surface area contributed by atoms with Crippen LogP contribution in [0.1, 0.15) is 11.1 Å². The van der Waals surface area contributed by atoms with Gasteiger partial charge in [0.05, 0.1) is 10.2 Å². The van der Waals surface area contributed by atoms with Gasteiger partial charge in [-0.25, -0.2) is 0 Å². The Bertz CT molecular complexity index is 1140. The predicted octanol–water partition coefficient (Wildman–Crippen LogP) is 4.07. The second-order valence-corrected chi connectivity index (χ2v) is 7.16. The van der Waals surface area contributed by atoms with Crippen molar-refractivity contribution in [3.8, 4) is 11.5 Å². The standard InChI is InChI=1S/C21H18N2O3S/c1-3-10-23-16-7-4-14(2)11-19(16)27-21(23)22-20(24)9-6-15-5-8-17-18(12-15)26-13-25-17/h3-9,11-12H,1,10,13H2,2H3/b9-6-,22-21?. The van der Waals surface area contributed by atoms with E-state index in [4.69, 9.17) is 9.47 Å². The zero-order valence-electron chi connectivity index (χ0n) is 14.8. The molecular weight excluding hydrogens is 360 g/mol. The van der Waals surface area contributed by atoms with Gasteiger partial charge >= 0.3 is 0 Å². The van der Waals surface area contributed by atoms with Crippen LogP contribution in [-0.2, 0) is 11.3 Å². The number of carbonyl (C=O) groups is 1. The van der Waals surface area contributed by atoms with Gasteiger partial charge in [0.15, 0.2) is 16.3 Å². The molecule has 0 bridgehead atoms. The largest absolute Gasteiger partial charge is 0.454 e. The summed E-state index contributed by atoms with van der Waals surface area (Å²) in [6.45, 7) is 6.68. The van der Waals surface area contributed by atoms with Crippen LogP contribution in [0.25, 0.3) is 16.3 Å². The molecule has 0 N–H and O–H groups in total. The molecule has 136 valence electrons. The fourth-order valence-electron chi connectivity index (χ4n) is 2.89. The summed E-state index contributed by atoms with van der Waals surface area (Å²) in [5.74, 6) is 1.09. The summed E-state index contributed by atoms with van der Waals surface area (Å²) in [7, 11) is 0. The molecule has 3 aromatic rings. The van der Waals surface area contributed by atoms with Crippen molar-refractivity contribution in [3.63, 3.8) is 0 Å². The van der Waals surface area contributed by atoms with Crippen molar-refractivity contribution in [1.29, 1.82) is 0 Å². The minimum Gasteiger partial charge on any atom is -0.454 e. The van der Waals surface area contributed by atoms with Crippen molar-refractivity contribution in [1.82, 2.24) is 4.57 Å². The van der Waals surface area contributed by atoms with Gasteiger partial charge in [-0.2, -0.15) is 4.99 Å². The molecule has 5 nitrogen and oxygen atoms in total. The summed E-state index contributed by atoms with van der Waals surface area (Å²) >= 11 is 1.50. The van der Waals surface area contributed by atoms with Gasteiger partial charge in [-0.15, -0.1) is 6.58 Å². The van der Waals surface area contributed by atoms with Crippen molar-refractivity contribution >= 4 is 33.5 Å². The number of hydrogen-bond acceptors (Lipinski definition) is 4. The highest BCUT2D eigenvalue weighted by atomic mass is 32.1. The monoisotopic (exact) mass is 378 g/mol. The smallest absolute Gasteiger partial charge is 0.272 e. The molecule has 0 atom stereocenters. The maximum absolute atomic E-state index is 12.4. The number of nitrogens with zero attached hydrogens (tertiary/aromatic N) is 2. The van der Waals surface area contributed by atoms with Crippen LogP contribution in [0.2, 0.25) is 0 Å². The molecule has 0 spiro atoms. The lowest BCUT2D eigenvalue weighted by molar-refractivity contribution is -0.113. The first-order valence-corrected chi connectivity index (χ1v) is 9.33. The van der Waals surface area contributed by atoms with Crippen LogP contribution in [0.5, 0.6) is 11.5 Å². The Morgan fingerprint density at radius 3 is 2.96 bits per heavy atom. The number of ether oxygens (including phenoxy) is 2. The first-order valence-electron chi connectivity index (χ1n) is 8.51. The number of carbonyl (C=O) groups excluding carboxylic acids is 1. The molecule has 0 unspecified atom stereocenters. The molecular formula is C21H18N2O3S. The van der Waals surface area contributed by atoms with Crippen molar-refractivity contribution in [2.45, 2.75) is 13.5 Å². The number of hydrogen-bond donors (Lipinski definition) is 0. The van der Waals surface area contributed by atoms with E-state index < -0.39 is 0 Å². The molecule has 0 saturated carbocycles. The zero-order valence-corrected chi connectivity index (χ0v) is 15.7. The van der Waals surface area contributed by atoms with Crippen LogP contribution >= 0.6 is 11.3 Å². The Morgan fingerprint density at radius 1 is 1.26 bits per heavy atom. The Balaban J connectivity index is 1.65. The van der Waals surface area contributed by atoms with E-state index in [0.717, 1.165) is 15.8 Å². The number of thiazole rings is 1. The fourth-order valence-corrected chi connectivity index (χ4v) is 4.03. The van der Waals surface area contributed by atoms with Gasteiger partial charge in [0, 0.05) is 12.6 Å². The van der Waals surface area contributed by atoms with Crippen LogP contribution in [0.4, 0.5) is 0 Å². The van der Waals surface area contributed by atoms with Crippen LogP contribution in [0, 0.1) is 6.92 Å². The number of benzene rings is 2. The third kappa shape index (κ3) is 3.57. The third-order valence-corrected chi connectivity index (χ3v) is 5.21. The molecule has 0 fully saturated rings. The van der Waals surface area contributed by atoms with E-state index in [9.17, 15) is 4.79 Å².